The number of aromatic nitrogens is 2. The highest BCUT2D eigenvalue weighted by atomic mass is 19.4. The molecule has 0 unspecified atom stereocenters. The Morgan fingerprint density at radius 3 is 2.31 bits per heavy atom. The predicted molar refractivity (Wildman–Crippen MR) is 276 cm³/mol. The van der Waals surface area contributed by atoms with Crippen LogP contribution in [0.1, 0.15) is 116 Å². The van der Waals surface area contributed by atoms with Gasteiger partial charge in [0, 0.05) is 86.3 Å². The minimum absolute atomic E-state index is 0.0129. The van der Waals surface area contributed by atoms with Crippen molar-refractivity contribution in [1.29, 1.82) is 0 Å². The van der Waals surface area contributed by atoms with Crippen molar-refractivity contribution < 1.29 is 75.3 Å². The van der Waals surface area contributed by atoms with E-state index in [1.807, 2.05) is 0 Å². The maximum atomic E-state index is 15.5. The summed E-state index contributed by atoms with van der Waals surface area (Å²) in [4.78, 5) is 136. The van der Waals surface area contributed by atoms with Gasteiger partial charge in [0.05, 0.1) is 54.8 Å². The Balaban J connectivity index is 0.870. The highest BCUT2D eigenvalue weighted by Crippen LogP contribution is 2.48. The molecular formula is C57H60F4N6O13. The lowest BCUT2D eigenvalue weighted by Crippen LogP contribution is -2.48. The molecule has 424 valence electrons. The molecule has 4 aromatic rings. The van der Waals surface area contributed by atoms with Gasteiger partial charge in [0.25, 0.3) is 23.3 Å². The number of aryl methyl sites for hydroxylation is 1. The second kappa shape index (κ2) is 24.3. The van der Waals surface area contributed by atoms with Crippen molar-refractivity contribution in [1.82, 2.24) is 30.0 Å². The lowest BCUT2D eigenvalue weighted by atomic mass is 9.81. The molecule has 0 fully saturated rings. The number of carbonyl (C=O) groups excluding carboxylic acids is 9. The molecule has 2 aromatic heterocycles. The van der Waals surface area contributed by atoms with Gasteiger partial charge in [0.15, 0.2) is 17.2 Å². The van der Waals surface area contributed by atoms with Crippen LogP contribution in [0.25, 0.3) is 22.3 Å². The highest BCUT2D eigenvalue weighted by molar-refractivity contribution is 6.12. The van der Waals surface area contributed by atoms with E-state index in [0.29, 0.717) is 46.9 Å². The van der Waals surface area contributed by atoms with Gasteiger partial charge in [-0.3, -0.25) is 48.1 Å². The van der Waals surface area contributed by atoms with E-state index in [-0.39, 0.29) is 116 Å². The standard InChI is InChI=1S/C57H60F4N6O13/c1-4-56(78)40-25-44-50-38(29-67(44)53(75)39(40)30-80-55(56)77)49-43(16-15-37-31(2)41(58)26-42(64-50)48(37)49)65(3)54(76)51(57(59,60)61)79-22-20-35(69)27-63-52(74)33(23-32-11-7-5-8-12-32)24-36(70)28-62-45(71)17-14-34(68)13-9-6-10-21-66-46(72)18-19-47(66)73/h5,7-8,11-12,18-19,25-26,33,43,51,78H,4,6,9-10,13-17,20-24,27-30H2,1-3H3,(H,62,71)(H,63,74)/t33-,43+,51-,56+/m1/s1. The van der Waals surface area contributed by atoms with Crippen molar-refractivity contribution in [2.45, 2.75) is 128 Å². The molecule has 4 aliphatic rings. The smallest absolute Gasteiger partial charge is 0.423 e. The fraction of sp³-hybridized carbons (Fsp3) is 0.456. The first-order valence-electron chi connectivity index (χ1n) is 26.5. The van der Waals surface area contributed by atoms with Gasteiger partial charge < -0.3 is 34.7 Å². The van der Waals surface area contributed by atoms with E-state index in [9.17, 15) is 66.2 Å². The largest absolute Gasteiger partial charge is 0.458 e. The Kier molecular flexibility index (Phi) is 17.7. The number of aliphatic hydroxyl groups is 1. The van der Waals surface area contributed by atoms with Gasteiger partial charge in [-0.25, -0.2) is 14.2 Å². The van der Waals surface area contributed by atoms with Crippen molar-refractivity contribution in [2.24, 2.45) is 5.92 Å². The fourth-order valence-electron chi connectivity index (χ4n) is 10.9. The zero-order valence-corrected chi connectivity index (χ0v) is 44.3. The Labute approximate surface area is 456 Å². The van der Waals surface area contributed by atoms with Crippen LogP contribution in [-0.2, 0) is 84.2 Å². The number of nitrogens with zero attached hydrogens (tertiary/aromatic N) is 4. The number of carbonyl (C=O) groups is 9. The number of ether oxygens (including phenoxy) is 2. The monoisotopic (exact) mass is 1110 g/mol. The molecular weight excluding hydrogens is 1050 g/mol. The first-order valence-corrected chi connectivity index (χ1v) is 26.5. The number of unbranched alkanes of at least 4 members (excludes halogenated alkanes) is 2. The Morgan fingerprint density at radius 2 is 1.61 bits per heavy atom. The number of fused-ring (bicyclic) bond motifs is 5. The maximum absolute atomic E-state index is 15.5. The molecule has 3 aliphatic heterocycles. The third-order valence-electron chi connectivity index (χ3n) is 15.3. The summed E-state index contributed by atoms with van der Waals surface area (Å²) in [6.45, 7) is 0.744. The Hall–Kier alpha value is -7.79. The van der Waals surface area contributed by atoms with E-state index in [0.717, 1.165) is 9.80 Å². The number of benzene rings is 2. The van der Waals surface area contributed by atoms with Gasteiger partial charge in [-0.15, -0.1) is 0 Å². The molecule has 19 nitrogen and oxygen atoms in total. The first kappa shape index (κ1) is 58.4. The zero-order chi connectivity index (χ0) is 57.8. The molecule has 5 heterocycles. The topological polar surface area (TPSA) is 258 Å². The number of likely N-dealkylation sites (N-methyl/N-ethyl adjacent to an activating group) is 1. The van der Waals surface area contributed by atoms with Crippen LogP contribution in [0.3, 0.4) is 0 Å². The molecule has 8 rings (SSSR count). The number of halogens is 4. The molecule has 0 spiro atoms. The van der Waals surface area contributed by atoms with E-state index >= 15 is 4.39 Å². The number of esters is 1. The van der Waals surface area contributed by atoms with Crippen LogP contribution in [-0.4, -0.2) is 123 Å². The van der Waals surface area contributed by atoms with E-state index < -0.39 is 109 Å². The summed E-state index contributed by atoms with van der Waals surface area (Å²) in [5, 5.41) is 16.7. The lowest BCUT2D eigenvalue weighted by molar-refractivity contribution is -0.224. The van der Waals surface area contributed by atoms with Crippen LogP contribution in [0.15, 0.2) is 59.4 Å². The number of rotatable bonds is 25. The summed E-state index contributed by atoms with van der Waals surface area (Å²) >= 11 is 0. The van der Waals surface area contributed by atoms with Gasteiger partial charge in [-0.05, 0) is 73.8 Å². The lowest BCUT2D eigenvalue weighted by Gasteiger charge is -2.37. The zero-order valence-electron chi connectivity index (χ0n) is 44.3. The maximum Gasteiger partial charge on any atom is 0.423 e. The highest BCUT2D eigenvalue weighted by Gasteiger charge is 2.50. The van der Waals surface area contributed by atoms with Crippen molar-refractivity contribution in [2.75, 3.05) is 33.3 Å². The molecule has 0 saturated heterocycles. The van der Waals surface area contributed by atoms with Crippen molar-refractivity contribution in [3.63, 3.8) is 0 Å². The number of hydrogen-bond acceptors (Lipinski definition) is 14. The fourth-order valence-corrected chi connectivity index (χ4v) is 10.9. The van der Waals surface area contributed by atoms with Crippen LogP contribution in [0.2, 0.25) is 0 Å². The summed E-state index contributed by atoms with van der Waals surface area (Å²) in [6, 6.07) is 10.1. The molecule has 80 heavy (non-hydrogen) atoms. The van der Waals surface area contributed by atoms with Crippen LogP contribution in [0, 0.1) is 18.7 Å². The number of hydrogen-bond donors (Lipinski definition) is 3. The van der Waals surface area contributed by atoms with Crippen molar-refractivity contribution in [3.8, 4) is 11.4 Å². The average Bonchev–Trinajstić information content (AvgIpc) is 4.08. The second-order valence-corrected chi connectivity index (χ2v) is 20.5. The molecule has 5 amide bonds. The molecule has 0 saturated carbocycles. The quantitative estimate of drug-likeness (QED) is 0.0308. The first-order chi connectivity index (χ1) is 38.0. The Morgan fingerprint density at radius 1 is 0.900 bits per heavy atom. The van der Waals surface area contributed by atoms with Crippen molar-refractivity contribution >= 4 is 63.8 Å². The van der Waals surface area contributed by atoms with Gasteiger partial charge in [0.1, 0.15) is 18.2 Å². The van der Waals surface area contributed by atoms with Crippen LogP contribution in [0.5, 0.6) is 0 Å². The third-order valence-corrected chi connectivity index (χ3v) is 15.3. The van der Waals surface area contributed by atoms with E-state index in [2.05, 4.69) is 10.6 Å². The Bertz CT molecular complexity index is 3270. The van der Waals surface area contributed by atoms with Gasteiger partial charge in [-0.2, -0.15) is 13.2 Å². The van der Waals surface area contributed by atoms with Crippen LogP contribution < -0.4 is 16.2 Å². The molecule has 1 aliphatic carbocycles. The van der Waals surface area contributed by atoms with E-state index in [1.165, 1.54) is 42.8 Å². The van der Waals surface area contributed by atoms with E-state index in [1.54, 1.807) is 37.3 Å². The molecule has 4 atom stereocenters. The van der Waals surface area contributed by atoms with Crippen LogP contribution >= 0.6 is 0 Å². The molecule has 0 radical (unpaired) electrons. The summed E-state index contributed by atoms with van der Waals surface area (Å²) < 4.78 is 71.8. The number of alkyl halides is 3. The van der Waals surface area contributed by atoms with Crippen molar-refractivity contribution in [3.05, 3.63) is 110 Å². The van der Waals surface area contributed by atoms with E-state index in [4.69, 9.17) is 14.5 Å². The number of imide groups is 1. The number of Topliss-reactive ketones (excluding diaryl/α,β-unsaturated/α-hetero) is 3. The number of cyclic esters (lactones) is 1. The minimum atomic E-state index is -5.28. The minimum Gasteiger partial charge on any atom is -0.458 e. The molecule has 2 aromatic carbocycles. The van der Waals surface area contributed by atoms with Gasteiger partial charge in [-0.1, -0.05) is 43.7 Å². The SMILES string of the molecule is CC[C@@]1(O)C(=O)OCc2c1cc1n(c2=O)Cc2c-1nc1cc(F)c(C)c3c1c2[C@@H](N(C)C(=O)[C@@H](OCCC(=O)CNC(=O)[C@@H](CC(=O)CNC(=O)CCC(=O)CCCCCN1C(=O)C=CC1=O)Cc1ccccc1)C(F)(F)F)CC3. The number of amides is 5. The molecule has 3 N–H and O–H groups in total. The number of nitrogens with one attached hydrogen (secondary N) is 2. The summed E-state index contributed by atoms with van der Waals surface area (Å²) in [6.07, 6.45) is -5.38. The summed E-state index contributed by atoms with van der Waals surface area (Å²) in [5.74, 6) is -7.62. The number of pyridine rings is 2. The predicted octanol–water partition coefficient (Wildman–Crippen LogP) is 4.76. The summed E-state index contributed by atoms with van der Waals surface area (Å²) in [5.41, 5.74) is -0.129. The summed E-state index contributed by atoms with van der Waals surface area (Å²) in [7, 11) is 1.17. The second-order valence-electron chi connectivity index (χ2n) is 20.5. The van der Waals surface area contributed by atoms with Gasteiger partial charge >= 0.3 is 12.1 Å². The average molecular weight is 1110 g/mol. The third kappa shape index (κ3) is 12.3. The molecule has 0 bridgehead atoms. The number of ketones is 3. The normalized spacial score (nSPS) is 17.8. The van der Waals surface area contributed by atoms with Gasteiger partial charge in [0.2, 0.25) is 17.9 Å². The molecule has 23 heteroatoms. The van der Waals surface area contributed by atoms with Crippen LogP contribution in [0.4, 0.5) is 17.6 Å².